The second kappa shape index (κ2) is 7.92. The molecule has 0 spiro atoms. The summed E-state index contributed by atoms with van der Waals surface area (Å²) in [6.45, 7) is 2.53. The molecule has 1 aliphatic heterocycles. The van der Waals surface area contributed by atoms with E-state index < -0.39 is 0 Å². The molecule has 3 aromatic rings. The zero-order valence-corrected chi connectivity index (χ0v) is 15.7. The molecule has 0 unspecified atom stereocenters. The normalized spacial score (nSPS) is 14.5. The van der Waals surface area contributed by atoms with Crippen LogP contribution in [0.4, 0.5) is 5.82 Å². The molecule has 3 heterocycles. The Morgan fingerprint density at radius 2 is 2.04 bits per heavy atom. The molecule has 7 nitrogen and oxygen atoms in total. The highest BCUT2D eigenvalue weighted by atomic mass is 35.5. The number of amides is 1. The average Bonchev–Trinajstić information content (AvgIpc) is 3.10. The second-order valence-electron chi connectivity index (χ2n) is 6.69. The lowest BCUT2D eigenvalue weighted by Gasteiger charge is -2.27. The van der Waals surface area contributed by atoms with Crippen LogP contribution in [0, 0.1) is 0 Å². The zero-order valence-electron chi connectivity index (χ0n) is 14.9. The van der Waals surface area contributed by atoms with Gasteiger partial charge in [0.2, 0.25) is 5.91 Å². The van der Waals surface area contributed by atoms with Gasteiger partial charge in [-0.05, 0) is 37.0 Å². The molecule has 0 bridgehead atoms. The van der Waals surface area contributed by atoms with Crippen LogP contribution >= 0.6 is 11.6 Å². The van der Waals surface area contributed by atoms with Gasteiger partial charge in [0.15, 0.2) is 5.65 Å². The number of carbonyl (C=O) groups excluding carboxylic acids is 1. The molecule has 0 atom stereocenters. The van der Waals surface area contributed by atoms with Crippen LogP contribution in [0.5, 0.6) is 0 Å². The maximum absolute atomic E-state index is 12.3. The average molecular weight is 385 g/mol. The number of piperidine rings is 1. The third-order valence-corrected chi connectivity index (χ3v) is 4.98. The van der Waals surface area contributed by atoms with E-state index in [4.69, 9.17) is 11.6 Å². The minimum absolute atomic E-state index is 0.112. The van der Waals surface area contributed by atoms with Gasteiger partial charge in [-0.2, -0.15) is 5.10 Å². The van der Waals surface area contributed by atoms with Crippen molar-refractivity contribution in [3.8, 4) is 0 Å². The lowest BCUT2D eigenvalue weighted by atomic mass is 10.1. The predicted octanol–water partition coefficient (Wildman–Crippen LogP) is 2.79. The highest BCUT2D eigenvalue weighted by Gasteiger charge is 2.18. The van der Waals surface area contributed by atoms with Crippen molar-refractivity contribution in [2.45, 2.75) is 32.4 Å². The first kappa shape index (κ1) is 17.7. The first-order chi connectivity index (χ1) is 13.2. The Morgan fingerprint density at radius 3 is 2.85 bits per heavy atom. The molecule has 4 rings (SSSR count). The monoisotopic (exact) mass is 384 g/mol. The van der Waals surface area contributed by atoms with Crippen LogP contribution in [0.3, 0.4) is 0 Å². The third kappa shape index (κ3) is 4.03. The maximum atomic E-state index is 12.3. The summed E-state index contributed by atoms with van der Waals surface area (Å²) in [7, 11) is 0. The number of hydrogen-bond acceptors (Lipinski definition) is 5. The summed E-state index contributed by atoms with van der Waals surface area (Å²) in [5.41, 5.74) is 1.64. The summed E-state index contributed by atoms with van der Waals surface area (Å²) < 4.78 is 1.62. The summed E-state index contributed by atoms with van der Waals surface area (Å²) in [5, 5.41) is 8.81. The largest absolute Gasteiger partial charge is 0.356 e. The highest BCUT2D eigenvalue weighted by Crippen LogP contribution is 2.25. The Morgan fingerprint density at radius 1 is 1.19 bits per heavy atom. The molecule has 1 fully saturated rings. The van der Waals surface area contributed by atoms with Gasteiger partial charge in [0.1, 0.15) is 18.7 Å². The van der Waals surface area contributed by atoms with E-state index >= 15 is 0 Å². The second-order valence-corrected chi connectivity index (χ2v) is 7.13. The van der Waals surface area contributed by atoms with Crippen molar-refractivity contribution in [1.29, 1.82) is 0 Å². The quantitative estimate of drug-likeness (QED) is 0.732. The molecule has 0 radical (unpaired) electrons. The van der Waals surface area contributed by atoms with Crippen LogP contribution in [-0.4, -0.2) is 38.7 Å². The Hall–Kier alpha value is -2.67. The fourth-order valence-corrected chi connectivity index (χ4v) is 3.61. The number of carbonyl (C=O) groups is 1. The molecule has 0 aliphatic carbocycles. The van der Waals surface area contributed by atoms with Gasteiger partial charge >= 0.3 is 0 Å². The summed E-state index contributed by atoms with van der Waals surface area (Å²) in [5.74, 6) is 0.781. The van der Waals surface area contributed by atoms with Gasteiger partial charge < -0.3 is 10.2 Å². The van der Waals surface area contributed by atoms with E-state index in [0.717, 1.165) is 29.9 Å². The molecule has 1 amide bonds. The van der Waals surface area contributed by atoms with Crippen LogP contribution in [0.25, 0.3) is 11.0 Å². The van der Waals surface area contributed by atoms with E-state index in [1.807, 2.05) is 24.3 Å². The van der Waals surface area contributed by atoms with Gasteiger partial charge in [-0.3, -0.25) is 4.79 Å². The molecule has 0 saturated carbocycles. The van der Waals surface area contributed by atoms with E-state index in [0.29, 0.717) is 17.2 Å². The van der Waals surface area contributed by atoms with Crippen molar-refractivity contribution in [3.63, 3.8) is 0 Å². The van der Waals surface area contributed by atoms with Gasteiger partial charge in [0, 0.05) is 24.7 Å². The maximum Gasteiger partial charge on any atom is 0.242 e. The molecule has 1 aromatic carbocycles. The summed E-state index contributed by atoms with van der Waals surface area (Å²) in [4.78, 5) is 23.4. The van der Waals surface area contributed by atoms with Gasteiger partial charge in [-0.15, -0.1) is 0 Å². The van der Waals surface area contributed by atoms with Crippen molar-refractivity contribution in [3.05, 3.63) is 47.4 Å². The lowest BCUT2D eigenvalue weighted by molar-refractivity contribution is -0.121. The van der Waals surface area contributed by atoms with Gasteiger partial charge in [-0.25, -0.2) is 14.6 Å². The fraction of sp³-hybridized carbons (Fsp3) is 0.368. The third-order valence-electron chi connectivity index (χ3n) is 4.74. The molecule has 2 aromatic heterocycles. The summed E-state index contributed by atoms with van der Waals surface area (Å²) in [6, 6.07) is 7.43. The Kier molecular flexibility index (Phi) is 5.20. The minimum atomic E-state index is -0.127. The number of halogens is 1. The summed E-state index contributed by atoms with van der Waals surface area (Å²) in [6.07, 6.45) is 6.91. The standard InChI is InChI=1S/C19H21ClN6O/c20-15-6-4-5-14(9-15)10-21-17(27)12-26-19-16(11-24-26)18(22-13-23-19)25-7-2-1-3-8-25/h4-6,9,11,13H,1-3,7-8,10,12H2,(H,21,27). The molecule has 1 aliphatic rings. The van der Waals surface area contributed by atoms with Crippen LogP contribution in [-0.2, 0) is 17.9 Å². The topological polar surface area (TPSA) is 75.9 Å². The number of aromatic nitrogens is 4. The lowest BCUT2D eigenvalue weighted by Crippen LogP contribution is -2.30. The summed E-state index contributed by atoms with van der Waals surface area (Å²) >= 11 is 5.97. The molecule has 140 valence electrons. The first-order valence-electron chi connectivity index (χ1n) is 9.13. The van der Waals surface area contributed by atoms with E-state index in [-0.39, 0.29) is 12.5 Å². The molecular formula is C19H21ClN6O. The van der Waals surface area contributed by atoms with E-state index in [9.17, 15) is 4.79 Å². The molecular weight excluding hydrogens is 364 g/mol. The highest BCUT2D eigenvalue weighted by molar-refractivity contribution is 6.30. The van der Waals surface area contributed by atoms with Gasteiger partial charge in [0.25, 0.3) is 0 Å². The van der Waals surface area contributed by atoms with Crippen LogP contribution < -0.4 is 10.2 Å². The fourth-order valence-electron chi connectivity index (χ4n) is 3.39. The Bertz CT molecular complexity index is 950. The zero-order chi connectivity index (χ0) is 18.6. The molecule has 8 heteroatoms. The first-order valence-corrected chi connectivity index (χ1v) is 9.51. The van der Waals surface area contributed by atoms with Gasteiger partial charge in [-0.1, -0.05) is 23.7 Å². The van der Waals surface area contributed by atoms with E-state index in [1.165, 1.54) is 19.3 Å². The number of rotatable bonds is 5. The van der Waals surface area contributed by atoms with Crippen LogP contribution in [0.2, 0.25) is 5.02 Å². The number of nitrogens with zero attached hydrogens (tertiary/aromatic N) is 5. The van der Waals surface area contributed by atoms with Crippen molar-refractivity contribution in [2.75, 3.05) is 18.0 Å². The molecule has 1 N–H and O–H groups in total. The van der Waals surface area contributed by atoms with E-state index in [1.54, 1.807) is 17.2 Å². The number of nitrogens with one attached hydrogen (secondary N) is 1. The van der Waals surface area contributed by atoms with Crippen molar-refractivity contribution >= 4 is 34.4 Å². The van der Waals surface area contributed by atoms with Crippen LogP contribution in [0.15, 0.2) is 36.8 Å². The SMILES string of the molecule is O=C(Cn1ncc2c(N3CCCCC3)ncnc21)NCc1cccc(Cl)c1. The molecule has 27 heavy (non-hydrogen) atoms. The number of anilines is 1. The van der Waals surface area contributed by atoms with Crippen LogP contribution in [0.1, 0.15) is 24.8 Å². The van der Waals surface area contributed by atoms with Crippen molar-refractivity contribution < 1.29 is 4.79 Å². The van der Waals surface area contributed by atoms with Crippen molar-refractivity contribution in [2.24, 2.45) is 0 Å². The number of hydrogen-bond donors (Lipinski definition) is 1. The van der Waals surface area contributed by atoms with Gasteiger partial charge in [0.05, 0.1) is 11.6 Å². The minimum Gasteiger partial charge on any atom is -0.356 e. The van der Waals surface area contributed by atoms with Crippen molar-refractivity contribution in [1.82, 2.24) is 25.1 Å². The Labute approximate surface area is 162 Å². The Balaban J connectivity index is 1.46. The number of fused-ring (bicyclic) bond motifs is 1. The molecule has 1 saturated heterocycles. The smallest absolute Gasteiger partial charge is 0.242 e. The van der Waals surface area contributed by atoms with E-state index in [2.05, 4.69) is 25.3 Å². The number of benzene rings is 1. The predicted molar refractivity (Wildman–Crippen MR) is 105 cm³/mol.